The molecule has 1 aromatic carbocycles. The molecule has 6 amide bonds. The van der Waals surface area contributed by atoms with E-state index >= 15 is 0 Å². The van der Waals surface area contributed by atoms with E-state index < -0.39 is 104 Å². The smallest absolute Gasteiger partial charge is 0.480 e. The van der Waals surface area contributed by atoms with Crippen molar-refractivity contribution in [3.8, 4) is 5.75 Å². The number of nitrogens with one attached hydrogen (secondary N) is 4. The molecule has 0 unspecified atom stereocenters. The van der Waals surface area contributed by atoms with Crippen LogP contribution in [0, 0.1) is 11.8 Å². The van der Waals surface area contributed by atoms with E-state index in [1.807, 2.05) is 13.8 Å². The molecule has 1 aliphatic heterocycles. The highest BCUT2D eigenvalue weighted by atomic mass is 31.2. The number of phosphoric acid groups is 1. The van der Waals surface area contributed by atoms with Crippen molar-refractivity contribution < 1.29 is 62.7 Å². The SMILES string of the molecule is CC(C)C[C@H](NC(=O)[C@@H](N)Cc1ccc(OP(=O)(O)O)cc1)C(=O)N1CCC[C@H]1C(=O)N[C@@H](CC(N)=O)C(=O)N[C@H](C(=O)N[C@H](C(=O)O)C(C)C)[C@@H](C)O. The minimum atomic E-state index is -4.76. The third kappa shape index (κ3) is 14.3. The lowest BCUT2D eigenvalue weighted by Gasteiger charge is -2.31. The highest BCUT2D eigenvalue weighted by Gasteiger charge is 2.40. The van der Waals surface area contributed by atoms with Gasteiger partial charge in [-0.25, -0.2) is 9.36 Å². The van der Waals surface area contributed by atoms with Crippen LogP contribution in [-0.4, -0.2) is 115 Å². The molecule has 21 heteroatoms. The molecule has 1 aliphatic rings. The number of phosphoric ester groups is 1. The fourth-order valence-electron chi connectivity index (χ4n) is 5.74. The van der Waals surface area contributed by atoms with Crippen LogP contribution in [0.25, 0.3) is 0 Å². The molecular formula is C33H52N7O13P. The van der Waals surface area contributed by atoms with Crippen LogP contribution in [0.3, 0.4) is 0 Å². The summed E-state index contributed by atoms with van der Waals surface area (Å²) in [6, 6.07) is -2.52. The molecule has 0 aliphatic carbocycles. The zero-order chi connectivity index (χ0) is 41.1. The fourth-order valence-corrected chi connectivity index (χ4v) is 6.14. The van der Waals surface area contributed by atoms with Gasteiger partial charge in [0.1, 0.15) is 36.0 Å². The van der Waals surface area contributed by atoms with Crippen LogP contribution in [-0.2, 0) is 44.5 Å². The summed E-state index contributed by atoms with van der Waals surface area (Å²) in [5.74, 6) is -7.30. The number of rotatable bonds is 20. The molecule has 20 nitrogen and oxygen atoms in total. The highest BCUT2D eigenvalue weighted by Crippen LogP contribution is 2.37. The van der Waals surface area contributed by atoms with Crippen LogP contribution in [0.2, 0.25) is 0 Å². The lowest BCUT2D eigenvalue weighted by molar-refractivity contribution is -0.144. The highest BCUT2D eigenvalue weighted by molar-refractivity contribution is 7.46. The maximum absolute atomic E-state index is 13.9. The molecule has 12 N–H and O–H groups in total. The van der Waals surface area contributed by atoms with E-state index in [4.69, 9.17) is 21.3 Å². The number of hydrogen-bond donors (Lipinski definition) is 10. The molecule has 0 spiro atoms. The van der Waals surface area contributed by atoms with Crippen molar-refractivity contribution in [3.05, 3.63) is 29.8 Å². The second kappa shape index (κ2) is 20.2. The van der Waals surface area contributed by atoms with Crippen LogP contribution in [0.1, 0.15) is 65.9 Å². The van der Waals surface area contributed by atoms with Crippen molar-refractivity contribution >= 4 is 49.2 Å². The number of carbonyl (C=O) groups excluding carboxylic acids is 6. The molecule has 0 radical (unpaired) electrons. The molecule has 1 fully saturated rings. The molecule has 302 valence electrons. The average Bonchev–Trinajstić information content (AvgIpc) is 3.54. The lowest BCUT2D eigenvalue weighted by Crippen LogP contribution is -2.61. The zero-order valence-corrected chi connectivity index (χ0v) is 31.7. The summed E-state index contributed by atoms with van der Waals surface area (Å²) < 4.78 is 15.6. The number of aliphatic hydroxyl groups excluding tert-OH is 1. The van der Waals surface area contributed by atoms with Crippen LogP contribution < -0.4 is 37.3 Å². The van der Waals surface area contributed by atoms with E-state index in [0.717, 1.165) is 0 Å². The number of carboxylic acid groups (broad SMARTS) is 1. The molecule has 1 heterocycles. The second-order valence-corrected chi connectivity index (χ2v) is 15.1. The number of aliphatic hydroxyl groups is 1. The molecule has 54 heavy (non-hydrogen) atoms. The Kier molecular flexibility index (Phi) is 17.0. The molecule has 1 aromatic rings. The van der Waals surface area contributed by atoms with E-state index in [1.54, 1.807) is 13.8 Å². The predicted molar refractivity (Wildman–Crippen MR) is 191 cm³/mol. The predicted octanol–water partition coefficient (Wildman–Crippen LogP) is -2.00. The first-order valence-electron chi connectivity index (χ1n) is 17.3. The van der Waals surface area contributed by atoms with Gasteiger partial charge < -0.3 is 52.4 Å². The number of primary amides is 1. The summed E-state index contributed by atoms with van der Waals surface area (Å²) in [6.45, 7) is 8.01. The number of carbonyl (C=O) groups is 7. The van der Waals surface area contributed by atoms with Crippen LogP contribution >= 0.6 is 7.82 Å². The summed E-state index contributed by atoms with van der Waals surface area (Å²) in [5, 5.41) is 29.2. The lowest BCUT2D eigenvalue weighted by atomic mass is 10.0. The van der Waals surface area contributed by atoms with E-state index in [9.17, 15) is 48.3 Å². The molecule has 0 saturated carbocycles. The van der Waals surface area contributed by atoms with Crippen molar-refractivity contribution in [1.82, 2.24) is 26.2 Å². The van der Waals surface area contributed by atoms with Crippen LogP contribution in [0.4, 0.5) is 0 Å². The number of aliphatic carboxylic acids is 1. The Labute approximate surface area is 312 Å². The van der Waals surface area contributed by atoms with Crippen LogP contribution in [0.5, 0.6) is 5.75 Å². The molecule has 7 atom stereocenters. The topological polar surface area (TPSA) is 330 Å². The summed E-state index contributed by atoms with van der Waals surface area (Å²) >= 11 is 0. The van der Waals surface area contributed by atoms with Crippen LogP contribution in [0.15, 0.2) is 24.3 Å². The molecule has 2 rings (SSSR count). The Balaban J connectivity index is 2.19. The summed E-state index contributed by atoms with van der Waals surface area (Å²) in [4.78, 5) is 110. The van der Waals surface area contributed by atoms with E-state index in [-0.39, 0.29) is 37.5 Å². The standard InChI is InChI=1S/C33H52N7O13P/c1-16(2)13-23(37-28(43)21(34)14-19-8-10-20(11-9-19)53-54(50,51)52)32(47)40-12-6-7-24(40)30(45)36-22(15-25(35)42)29(44)39-27(18(5)41)31(46)38-26(17(3)4)33(48)49/h8-11,16-18,21-24,26-27,41H,6-7,12-15,34H2,1-5H3,(H2,35,42)(H,36,45)(H,37,43)(H,38,46)(H,39,44)(H,48,49)(H2,50,51,52)/t18-,21+,22+,23+,24+,26+,27+/m1/s1. The van der Waals surface area contributed by atoms with Crippen molar-refractivity contribution in [3.63, 3.8) is 0 Å². The average molecular weight is 786 g/mol. The maximum atomic E-state index is 13.9. The van der Waals surface area contributed by atoms with Crippen molar-refractivity contribution in [2.24, 2.45) is 23.3 Å². The minimum absolute atomic E-state index is 0.00187. The number of hydrogen-bond acceptors (Lipinski definition) is 11. The minimum Gasteiger partial charge on any atom is -0.480 e. The van der Waals surface area contributed by atoms with E-state index in [1.165, 1.54) is 36.1 Å². The number of amides is 6. The van der Waals surface area contributed by atoms with Crippen molar-refractivity contribution in [1.29, 1.82) is 0 Å². The second-order valence-electron chi connectivity index (χ2n) is 13.9. The van der Waals surface area contributed by atoms with Gasteiger partial charge in [-0.3, -0.25) is 38.6 Å². The summed E-state index contributed by atoms with van der Waals surface area (Å²) in [7, 11) is -4.76. The third-order valence-corrected chi connectivity index (χ3v) is 8.88. The van der Waals surface area contributed by atoms with Crippen molar-refractivity contribution in [2.75, 3.05) is 6.54 Å². The number of nitrogens with two attached hydrogens (primary N) is 2. The van der Waals surface area contributed by atoms with Crippen molar-refractivity contribution in [2.45, 2.75) is 109 Å². The van der Waals surface area contributed by atoms with Gasteiger partial charge in [-0.1, -0.05) is 39.8 Å². The molecular weight excluding hydrogens is 733 g/mol. The molecule has 0 bridgehead atoms. The number of carboxylic acids is 1. The van der Waals surface area contributed by atoms with Gasteiger partial charge in [0, 0.05) is 6.54 Å². The number of likely N-dealkylation sites (tertiary alicyclic amines) is 1. The number of benzene rings is 1. The summed E-state index contributed by atoms with van der Waals surface area (Å²) in [5.41, 5.74) is 12.0. The Bertz CT molecular complexity index is 1570. The van der Waals surface area contributed by atoms with Gasteiger partial charge in [0.2, 0.25) is 35.4 Å². The summed E-state index contributed by atoms with van der Waals surface area (Å²) in [6.07, 6.45) is -1.54. The zero-order valence-electron chi connectivity index (χ0n) is 30.8. The van der Waals surface area contributed by atoms with Gasteiger partial charge >= 0.3 is 13.8 Å². The Morgan fingerprint density at radius 2 is 1.48 bits per heavy atom. The van der Waals surface area contributed by atoms with E-state index in [0.29, 0.717) is 12.0 Å². The first kappa shape index (κ1) is 45.5. The Hall–Kier alpha value is -4.62. The van der Waals surface area contributed by atoms with Gasteiger partial charge in [0.15, 0.2) is 0 Å². The molecule has 1 saturated heterocycles. The van der Waals surface area contributed by atoms with Gasteiger partial charge in [-0.2, -0.15) is 0 Å². The maximum Gasteiger partial charge on any atom is 0.524 e. The molecule has 0 aromatic heterocycles. The van der Waals surface area contributed by atoms with E-state index in [2.05, 4.69) is 25.8 Å². The Morgan fingerprint density at radius 1 is 0.889 bits per heavy atom. The first-order valence-corrected chi connectivity index (χ1v) is 18.8. The van der Waals surface area contributed by atoms with Gasteiger partial charge in [-0.15, -0.1) is 0 Å². The largest absolute Gasteiger partial charge is 0.524 e. The first-order chi connectivity index (χ1) is 25.0. The quantitative estimate of drug-likeness (QED) is 0.0640. The number of nitrogens with zero attached hydrogens (tertiary/aromatic N) is 1. The Morgan fingerprint density at radius 3 is 1.98 bits per heavy atom. The third-order valence-electron chi connectivity index (χ3n) is 8.43. The fraction of sp³-hybridized carbons (Fsp3) is 0.606. The van der Waals surface area contributed by atoms with Gasteiger partial charge in [0.05, 0.1) is 18.6 Å². The monoisotopic (exact) mass is 785 g/mol. The normalized spacial score (nSPS) is 17.8. The van der Waals surface area contributed by atoms with Gasteiger partial charge in [0.25, 0.3) is 0 Å². The van der Waals surface area contributed by atoms with Gasteiger partial charge in [-0.05, 0) is 62.1 Å².